The Kier molecular flexibility index (Phi) is 6.04. The Morgan fingerprint density at radius 3 is 2.92 bits per heavy atom. The Labute approximate surface area is 158 Å². The topological polar surface area (TPSA) is 70.1 Å². The van der Waals surface area contributed by atoms with Gasteiger partial charge >= 0.3 is 0 Å². The molecule has 6 nitrogen and oxygen atoms in total. The van der Waals surface area contributed by atoms with Gasteiger partial charge < -0.3 is 19.6 Å². The van der Waals surface area contributed by atoms with Crippen molar-refractivity contribution in [1.29, 1.82) is 0 Å². The van der Waals surface area contributed by atoms with Gasteiger partial charge in [-0.15, -0.1) is 0 Å². The van der Waals surface area contributed by atoms with Crippen LogP contribution in [0, 0.1) is 5.92 Å². The van der Waals surface area contributed by atoms with Gasteiger partial charge in [-0.1, -0.05) is 11.6 Å². The van der Waals surface area contributed by atoms with Gasteiger partial charge in [-0.25, -0.2) is 0 Å². The van der Waals surface area contributed by atoms with Gasteiger partial charge in [0.1, 0.15) is 5.75 Å². The number of phenolic OH excluding ortho intramolecular Hbond substituents is 1. The Balaban J connectivity index is 1.66. The van der Waals surface area contributed by atoms with Gasteiger partial charge in [-0.3, -0.25) is 9.59 Å². The fourth-order valence-corrected chi connectivity index (χ4v) is 4.21. The van der Waals surface area contributed by atoms with E-state index in [0.29, 0.717) is 37.6 Å². The average molecular weight is 381 g/mol. The zero-order valence-electron chi connectivity index (χ0n) is 15.0. The number of hydrogen-bond acceptors (Lipinski definition) is 4. The second kappa shape index (κ2) is 8.27. The third-order valence-electron chi connectivity index (χ3n) is 5.37. The maximum Gasteiger partial charge on any atom is 0.253 e. The minimum Gasteiger partial charge on any atom is -0.506 e. The van der Waals surface area contributed by atoms with Gasteiger partial charge in [0.05, 0.1) is 5.02 Å². The van der Waals surface area contributed by atoms with Gasteiger partial charge in [-0.2, -0.15) is 0 Å². The number of carbonyl (C=O) groups excluding carboxylic acids is 2. The highest BCUT2D eigenvalue weighted by Crippen LogP contribution is 2.32. The van der Waals surface area contributed by atoms with Crippen LogP contribution in [-0.2, 0) is 9.53 Å². The fourth-order valence-electron chi connectivity index (χ4n) is 4.03. The summed E-state index contributed by atoms with van der Waals surface area (Å²) in [6.07, 6.45) is 2.99. The molecule has 3 rings (SSSR count). The first kappa shape index (κ1) is 19.0. The number of benzene rings is 1. The van der Waals surface area contributed by atoms with E-state index in [1.165, 1.54) is 12.1 Å². The number of aromatic hydroxyl groups is 1. The standard InChI is InChI=1S/C19H25ClN2O4/c1-26-10-2-8-22-16-7-9-21(12-14(16)4-6-18(22)24)19(25)13-3-5-17(23)15(20)11-13/h3,5,11,14,16,23H,2,4,6-10,12H2,1H3/t14-,16+/m0/s1. The van der Waals surface area contributed by atoms with Crippen LogP contribution in [0.1, 0.15) is 36.0 Å². The first-order chi connectivity index (χ1) is 12.5. The molecule has 0 aliphatic carbocycles. The monoisotopic (exact) mass is 380 g/mol. The maximum atomic E-state index is 12.8. The van der Waals surface area contributed by atoms with Crippen molar-refractivity contribution in [3.8, 4) is 5.75 Å². The largest absolute Gasteiger partial charge is 0.506 e. The van der Waals surface area contributed by atoms with Crippen LogP contribution in [0.25, 0.3) is 0 Å². The van der Waals surface area contributed by atoms with E-state index in [2.05, 4.69) is 0 Å². The SMILES string of the molecule is COCCCN1C(=O)CC[C@H]2CN(C(=O)c3ccc(O)c(Cl)c3)CC[C@H]21. The first-order valence-corrected chi connectivity index (χ1v) is 9.45. The predicted octanol–water partition coefficient (Wildman–Crippen LogP) is 2.54. The molecule has 26 heavy (non-hydrogen) atoms. The molecule has 2 heterocycles. The minimum atomic E-state index is -0.0758. The molecule has 2 aliphatic heterocycles. The van der Waals surface area contributed by atoms with Gasteiger partial charge in [0.2, 0.25) is 5.91 Å². The van der Waals surface area contributed by atoms with E-state index in [4.69, 9.17) is 16.3 Å². The van der Waals surface area contributed by atoms with Crippen LogP contribution in [0.4, 0.5) is 0 Å². The van der Waals surface area contributed by atoms with Crippen LogP contribution in [0.15, 0.2) is 18.2 Å². The smallest absolute Gasteiger partial charge is 0.253 e. The van der Waals surface area contributed by atoms with Crippen molar-refractivity contribution >= 4 is 23.4 Å². The molecule has 2 atom stereocenters. The van der Waals surface area contributed by atoms with Crippen molar-refractivity contribution in [2.45, 2.75) is 31.7 Å². The van der Waals surface area contributed by atoms with Crippen LogP contribution >= 0.6 is 11.6 Å². The molecule has 7 heteroatoms. The quantitative estimate of drug-likeness (QED) is 0.797. The average Bonchev–Trinajstić information content (AvgIpc) is 2.65. The molecule has 1 aromatic carbocycles. The number of halogens is 1. The van der Waals surface area contributed by atoms with Gasteiger partial charge in [-0.05, 0) is 43.4 Å². The zero-order chi connectivity index (χ0) is 18.7. The Morgan fingerprint density at radius 1 is 1.38 bits per heavy atom. The van der Waals surface area contributed by atoms with Crippen molar-refractivity contribution in [2.75, 3.05) is 33.4 Å². The third-order valence-corrected chi connectivity index (χ3v) is 5.68. The number of rotatable bonds is 5. The molecule has 2 fully saturated rings. The van der Waals surface area contributed by atoms with E-state index in [1.807, 2.05) is 9.80 Å². The van der Waals surface area contributed by atoms with Crippen LogP contribution in [0.3, 0.4) is 0 Å². The van der Waals surface area contributed by atoms with E-state index < -0.39 is 0 Å². The summed E-state index contributed by atoms with van der Waals surface area (Å²) in [6.45, 7) is 2.63. The Morgan fingerprint density at radius 2 is 2.19 bits per heavy atom. The summed E-state index contributed by atoms with van der Waals surface area (Å²) >= 11 is 5.93. The molecule has 2 amide bonds. The third kappa shape index (κ3) is 3.96. The lowest BCUT2D eigenvalue weighted by molar-refractivity contribution is -0.140. The van der Waals surface area contributed by atoms with E-state index in [-0.39, 0.29) is 28.6 Å². The number of phenols is 1. The number of hydrogen-bond donors (Lipinski definition) is 1. The molecule has 0 bridgehead atoms. The molecular weight excluding hydrogens is 356 g/mol. The van der Waals surface area contributed by atoms with Crippen molar-refractivity contribution in [1.82, 2.24) is 9.80 Å². The molecule has 1 aromatic rings. The summed E-state index contributed by atoms with van der Waals surface area (Å²) in [7, 11) is 1.67. The molecule has 142 valence electrons. The van der Waals surface area contributed by atoms with Crippen molar-refractivity contribution in [2.24, 2.45) is 5.92 Å². The lowest BCUT2D eigenvalue weighted by atomic mass is 9.83. The van der Waals surface area contributed by atoms with E-state index in [0.717, 1.165) is 25.8 Å². The van der Waals surface area contributed by atoms with Crippen LogP contribution in [0.5, 0.6) is 5.75 Å². The highest BCUT2D eigenvalue weighted by Gasteiger charge is 2.40. The van der Waals surface area contributed by atoms with Crippen LogP contribution in [-0.4, -0.2) is 66.1 Å². The van der Waals surface area contributed by atoms with Crippen LogP contribution in [0.2, 0.25) is 5.02 Å². The molecule has 0 spiro atoms. The molecule has 2 aliphatic rings. The molecule has 1 N–H and O–H groups in total. The Hall–Kier alpha value is -1.79. The number of carbonyl (C=O) groups is 2. The van der Waals surface area contributed by atoms with Gasteiger partial charge in [0, 0.05) is 51.4 Å². The van der Waals surface area contributed by atoms with Gasteiger partial charge in [0.25, 0.3) is 5.91 Å². The van der Waals surface area contributed by atoms with Gasteiger partial charge in [0.15, 0.2) is 0 Å². The van der Waals surface area contributed by atoms with Crippen molar-refractivity contribution < 1.29 is 19.4 Å². The number of fused-ring (bicyclic) bond motifs is 1. The number of likely N-dealkylation sites (tertiary alicyclic amines) is 2. The molecule has 0 radical (unpaired) electrons. The van der Waals surface area contributed by atoms with Crippen molar-refractivity contribution in [3.63, 3.8) is 0 Å². The second-order valence-electron chi connectivity index (χ2n) is 7.01. The summed E-state index contributed by atoms with van der Waals surface area (Å²) in [5.74, 6) is 0.417. The normalized spacial score (nSPS) is 23.1. The first-order valence-electron chi connectivity index (χ1n) is 9.07. The number of amides is 2. The number of ether oxygens (including phenoxy) is 1. The second-order valence-corrected chi connectivity index (χ2v) is 7.41. The molecule has 0 saturated carbocycles. The number of piperidine rings is 2. The molecular formula is C19H25ClN2O4. The summed E-state index contributed by atoms with van der Waals surface area (Å²) in [5.41, 5.74) is 0.482. The fraction of sp³-hybridized carbons (Fsp3) is 0.579. The molecule has 2 saturated heterocycles. The Bertz CT molecular complexity index is 682. The number of methoxy groups -OCH3 is 1. The number of nitrogens with zero attached hydrogens (tertiary/aromatic N) is 2. The van der Waals surface area contributed by atoms with Crippen molar-refractivity contribution in [3.05, 3.63) is 28.8 Å². The molecule has 0 unspecified atom stereocenters. The van der Waals surface area contributed by atoms with E-state index in [9.17, 15) is 14.7 Å². The molecule has 0 aromatic heterocycles. The summed E-state index contributed by atoms with van der Waals surface area (Å²) < 4.78 is 5.10. The van der Waals surface area contributed by atoms with E-state index in [1.54, 1.807) is 13.2 Å². The maximum absolute atomic E-state index is 12.8. The predicted molar refractivity (Wildman–Crippen MR) is 98.4 cm³/mol. The lowest BCUT2D eigenvalue weighted by Crippen LogP contribution is -2.57. The summed E-state index contributed by atoms with van der Waals surface area (Å²) in [4.78, 5) is 28.9. The highest BCUT2D eigenvalue weighted by atomic mass is 35.5. The summed E-state index contributed by atoms with van der Waals surface area (Å²) in [6, 6.07) is 4.75. The summed E-state index contributed by atoms with van der Waals surface area (Å²) in [5, 5.41) is 9.71. The van der Waals surface area contributed by atoms with E-state index >= 15 is 0 Å². The lowest BCUT2D eigenvalue weighted by Gasteiger charge is -2.47. The highest BCUT2D eigenvalue weighted by molar-refractivity contribution is 6.32. The zero-order valence-corrected chi connectivity index (χ0v) is 15.7. The minimum absolute atomic E-state index is 0.0283. The van der Waals surface area contributed by atoms with Crippen LogP contribution < -0.4 is 0 Å².